The van der Waals surface area contributed by atoms with Crippen molar-refractivity contribution in [3.8, 4) is 0 Å². The molecule has 0 radical (unpaired) electrons. The summed E-state index contributed by atoms with van der Waals surface area (Å²) in [6.07, 6.45) is 0.166. The van der Waals surface area contributed by atoms with Gasteiger partial charge in [-0.2, -0.15) is 0 Å². The van der Waals surface area contributed by atoms with Crippen LogP contribution in [0.25, 0.3) is 0 Å². The van der Waals surface area contributed by atoms with Crippen LogP contribution < -0.4 is 16.4 Å². The van der Waals surface area contributed by atoms with Crippen LogP contribution in [0.2, 0.25) is 0 Å². The molecule has 1 aliphatic heterocycles. The van der Waals surface area contributed by atoms with Crippen LogP contribution in [0, 0.1) is 10.1 Å². The number of nitro groups is 1. The molecule has 1 aromatic carbocycles. The molecule has 12 nitrogen and oxygen atoms in total. The molecule has 3 amide bonds. The van der Waals surface area contributed by atoms with Crippen molar-refractivity contribution in [2.24, 2.45) is 10.8 Å². The Balaban J connectivity index is 2.00. The number of rotatable bonds is 6. The molecule has 1 atom stereocenters. The van der Waals surface area contributed by atoms with E-state index < -0.39 is 35.5 Å². The van der Waals surface area contributed by atoms with Crippen LogP contribution in [-0.2, 0) is 16.0 Å². The molecule has 132 valence electrons. The summed E-state index contributed by atoms with van der Waals surface area (Å²) in [5, 5.41) is 25.8. The van der Waals surface area contributed by atoms with Gasteiger partial charge in [0.2, 0.25) is 0 Å². The van der Waals surface area contributed by atoms with Gasteiger partial charge in [-0.1, -0.05) is 12.1 Å². The van der Waals surface area contributed by atoms with E-state index in [1.807, 2.05) is 0 Å². The minimum atomic E-state index is -1.28. The Morgan fingerprint density at radius 2 is 2.04 bits per heavy atom. The van der Waals surface area contributed by atoms with Crippen molar-refractivity contribution in [1.82, 2.24) is 10.2 Å². The highest BCUT2D eigenvalue weighted by molar-refractivity contribution is 6.06. The molecular weight excluding hydrogens is 336 g/mol. The molecule has 0 spiro atoms. The minimum absolute atomic E-state index is 0.166. The molecule has 5 N–H and O–H groups in total. The van der Waals surface area contributed by atoms with E-state index in [0.717, 1.165) is 0 Å². The number of aliphatic carboxylic acids is 1. The molecule has 0 unspecified atom stereocenters. The second-order valence-corrected chi connectivity index (χ2v) is 5.07. The smallest absolute Gasteiger partial charge is 0.325 e. The van der Waals surface area contributed by atoms with E-state index >= 15 is 0 Å². The fraction of sp³-hybridized carbons (Fsp3) is 0.231. The molecule has 25 heavy (non-hydrogen) atoms. The van der Waals surface area contributed by atoms with Crippen molar-refractivity contribution in [3.05, 3.63) is 39.9 Å². The Hall–Kier alpha value is -3.70. The summed E-state index contributed by atoms with van der Waals surface area (Å²) in [5.74, 6) is -2.29. The van der Waals surface area contributed by atoms with Crippen molar-refractivity contribution in [1.29, 1.82) is 0 Å². The normalized spacial score (nSPS) is 17.4. The Labute approximate surface area is 140 Å². The van der Waals surface area contributed by atoms with Crippen molar-refractivity contribution < 1.29 is 24.5 Å². The first-order valence-electron chi connectivity index (χ1n) is 6.94. The van der Waals surface area contributed by atoms with Crippen molar-refractivity contribution >= 4 is 29.6 Å². The molecular formula is C13H14N6O6. The fourth-order valence-electron chi connectivity index (χ4n) is 2.22. The number of nitrogens with two attached hydrogens (primary N) is 1. The molecule has 1 saturated heterocycles. The predicted molar refractivity (Wildman–Crippen MR) is 84.1 cm³/mol. The molecule has 1 fully saturated rings. The van der Waals surface area contributed by atoms with Gasteiger partial charge in [0.1, 0.15) is 17.7 Å². The van der Waals surface area contributed by atoms with Gasteiger partial charge in [0.05, 0.1) is 0 Å². The Bertz CT molecular complexity index is 746. The summed E-state index contributed by atoms with van der Waals surface area (Å²) in [6.45, 7) is -0.695. The Morgan fingerprint density at radius 3 is 2.60 bits per heavy atom. The van der Waals surface area contributed by atoms with E-state index in [4.69, 9.17) is 10.8 Å². The summed E-state index contributed by atoms with van der Waals surface area (Å²) in [4.78, 5) is 45.2. The van der Waals surface area contributed by atoms with Crippen LogP contribution in [0.15, 0.2) is 29.4 Å². The van der Waals surface area contributed by atoms with Crippen LogP contribution in [0.4, 0.5) is 10.5 Å². The lowest BCUT2D eigenvalue weighted by atomic mass is 10.1. The first-order valence-corrected chi connectivity index (χ1v) is 6.94. The van der Waals surface area contributed by atoms with Gasteiger partial charge in [-0.15, -0.1) is 0 Å². The lowest BCUT2D eigenvalue weighted by Gasteiger charge is -2.10. The van der Waals surface area contributed by atoms with Crippen LogP contribution in [-0.4, -0.2) is 51.5 Å². The van der Waals surface area contributed by atoms with E-state index in [9.17, 15) is 24.5 Å². The van der Waals surface area contributed by atoms with Crippen molar-refractivity contribution in [3.63, 3.8) is 0 Å². The number of carboxylic acid groups (broad SMARTS) is 1. The standard InChI is InChI=1S/C13H14N6O6/c14-12(17-19(24)25)15-8-3-1-7(2-4-8)5-9-11(22)18(6-10(20)21)13(23)16-9/h1-4,9H,5-6H2,(H,16,23)(H,20,21)(H3,14,15,17)/t9-/m0/s1. The summed E-state index contributed by atoms with van der Waals surface area (Å²) in [6, 6.07) is 4.77. The van der Waals surface area contributed by atoms with Gasteiger partial charge in [0.25, 0.3) is 11.9 Å². The lowest BCUT2D eigenvalue weighted by molar-refractivity contribution is -0.485. The largest absolute Gasteiger partial charge is 0.480 e. The highest BCUT2D eigenvalue weighted by Gasteiger charge is 2.38. The third kappa shape index (κ3) is 4.63. The highest BCUT2D eigenvalue weighted by atomic mass is 16.7. The van der Waals surface area contributed by atoms with Gasteiger partial charge in [-0.3, -0.25) is 14.5 Å². The van der Waals surface area contributed by atoms with Gasteiger partial charge < -0.3 is 21.5 Å². The van der Waals surface area contributed by atoms with Crippen molar-refractivity contribution in [2.75, 3.05) is 11.9 Å². The molecule has 0 aliphatic carbocycles. The van der Waals surface area contributed by atoms with Gasteiger partial charge in [0.15, 0.2) is 5.03 Å². The number of hydrogen-bond acceptors (Lipinski definition) is 5. The summed E-state index contributed by atoms with van der Waals surface area (Å²) in [5.41, 5.74) is 6.45. The van der Waals surface area contributed by atoms with E-state index in [2.05, 4.69) is 15.7 Å². The molecule has 1 aliphatic rings. The number of urea groups is 1. The Morgan fingerprint density at radius 1 is 1.40 bits per heavy atom. The third-order valence-corrected chi connectivity index (χ3v) is 3.26. The fourth-order valence-corrected chi connectivity index (χ4v) is 2.22. The van der Waals surface area contributed by atoms with E-state index in [1.165, 1.54) is 0 Å². The van der Waals surface area contributed by atoms with E-state index in [-0.39, 0.29) is 12.4 Å². The topological polar surface area (TPSA) is 180 Å². The maximum Gasteiger partial charge on any atom is 0.325 e. The number of imide groups is 1. The molecule has 0 aromatic heterocycles. The first-order chi connectivity index (χ1) is 11.8. The number of amides is 3. The van der Waals surface area contributed by atoms with Crippen LogP contribution in [0.1, 0.15) is 5.56 Å². The quantitative estimate of drug-likeness (QED) is 0.168. The van der Waals surface area contributed by atoms with Gasteiger partial charge in [0, 0.05) is 12.1 Å². The summed E-state index contributed by atoms with van der Waals surface area (Å²) < 4.78 is 0. The zero-order chi connectivity index (χ0) is 18.6. The number of carbonyl (C=O) groups is 3. The maximum atomic E-state index is 12.0. The second-order valence-electron chi connectivity index (χ2n) is 5.07. The molecule has 1 heterocycles. The second kappa shape index (κ2) is 7.25. The highest BCUT2D eigenvalue weighted by Crippen LogP contribution is 2.15. The SMILES string of the molecule is NC(=N[N+](=O)[O-])Nc1ccc(C[C@@H]2NC(=O)N(CC(=O)O)C2=O)cc1. The van der Waals surface area contributed by atoms with Crippen molar-refractivity contribution in [2.45, 2.75) is 12.5 Å². The zero-order valence-corrected chi connectivity index (χ0v) is 12.7. The number of hydrazone groups is 1. The number of carbonyl (C=O) groups excluding carboxylic acids is 2. The van der Waals surface area contributed by atoms with Gasteiger partial charge in [-0.25, -0.2) is 14.9 Å². The number of hydrogen-bond donors (Lipinski definition) is 4. The number of nitrogens with one attached hydrogen (secondary N) is 2. The van der Waals surface area contributed by atoms with Gasteiger partial charge >= 0.3 is 12.0 Å². The molecule has 1 aromatic rings. The molecule has 12 heteroatoms. The lowest BCUT2D eigenvalue weighted by Crippen LogP contribution is -2.36. The van der Waals surface area contributed by atoms with Crippen LogP contribution >= 0.6 is 0 Å². The summed E-state index contributed by atoms with van der Waals surface area (Å²) in [7, 11) is 0. The maximum absolute atomic E-state index is 12.0. The zero-order valence-electron chi connectivity index (χ0n) is 12.7. The first kappa shape index (κ1) is 17.7. The third-order valence-electron chi connectivity index (χ3n) is 3.26. The van der Waals surface area contributed by atoms with E-state index in [1.54, 1.807) is 24.3 Å². The predicted octanol–water partition coefficient (Wildman–Crippen LogP) is -0.848. The van der Waals surface area contributed by atoms with Gasteiger partial charge in [-0.05, 0) is 17.7 Å². The number of carboxylic acids is 1. The summed E-state index contributed by atoms with van der Waals surface area (Å²) >= 11 is 0. The monoisotopic (exact) mass is 350 g/mol. The average Bonchev–Trinajstić information content (AvgIpc) is 2.75. The molecule has 0 bridgehead atoms. The number of anilines is 1. The number of benzene rings is 1. The minimum Gasteiger partial charge on any atom is -0.480 e. The van der Waals surface area contributed by atoms with Crippen LogP contribution in [0.5, 0.6) is 0 Å². The number of guanidine groups is 1. The van der Waals surface area contributed by atoms with E-state index in [0.29, 0.717) is 16.2 Å². The average molecular weight is 350 g/mol. The van der Waals surface area contributed by atoms with Crippen LogP contribution in [0.3, 0.4) is 0 Å². The number of nitrogens with zero attached hydrogens (tertiary/aromatic N) is 3. The molecule has 2 rings (SSSR count). The molecule has 0 saturated carbocycles. The Kier molecular flexibility index (Phi) is 5.12.